The number of ketones is 1. The lowest BCUT2D eigenvalue weighted by Gasteiger charge is -2.12. The molecule has 1 N–H and O–H groups in total. The lowest BCUT2D eigenvalue weighted by Crippen LogP contribution is -2.20. The summed E-state index contributed by atoms with van der Waals surface area (Å²) in [6.07, 6.45) is 0. The minimum absolute atomic E-state index is 0.0563. The van der Waals surface area contributed by atoms with E-state index in [0.29, 0.717) is 17.0 Å². The van der Waals surface area contributed by atoms with Crippen LogP contribution in [0.1, 0.15) is 22.8 Å². The minimum atomic E-state index is -0.307. The zero-order valence-corrected chi connectivity index (χ0v) is 17.4. The first-order valence-electron chi connectivity index (χ1n) is 10.00. The van der Waals surface area contributed by atoms with Crippen molar-refractivity contribution in [2.75, 3.05) is 11.9 Å². The van der Waals surface area contributed by atoms with Crippen molar-refractivity contribution in [1.29, 1.82) is 0 Å². The number of amides is 1. The van der Waals surface area contributed by atoms with Crippen LogP contribution in [0, 0.1) is 6.92 Å². The zero-order chi connectivity index (χ0) is 21.8. The summed E-state index contributed by atoms with van der Waals surface area (Å²) >= 11 is 0. The van der Waals surface area contributed by atoms with Crippen molar-refractivity contribution in [2.45, 2.75) is 13.8 Å². The second kappa shape index (κ2) is 8.79. The van der Waals surface area contributed by atoms with Crippen LogP contribution in [0.5, 0.6) is 5.75 Å². The van der Waals surface area contributed by atoms with Crippen LogP contribution in [0.3, 0.4) is 0 Å². The molecule has 3 aromatic carbocycles. The number of benzene rings is 3. The third-order valence-electron chi connectivity index (χ3n) is 4.94. The normalized spacial score (nSPS) is 10.6. The van der Waals surface area contributed by atoms with Gasteiger partial charge >= 0.3 is 0 Å². The topological polar surface area (TPSA) is 68.3 Å². The molecule has 0 unspecified atom stereocenters. The molecule has 154 valence electrons. The Kier molecular flexibility index (Phi) is 5.76. The highest BCUT2D eigenvalue weighted by molar-refractivity contribution is 5.97. The van der Waals surface area contributed by atoms with Gasteiger partial charge in [0.2, 0.25) is 0 Å². The van der Waals surface area contributed by atoms with Crippen LogP contribution in [0.2, 0.25) is 0 Å². The fourth-order valence-electron chi connectivity index (χ4n) is 3.29. The first-order valence-corrected chi connectivity index (χ1v) is 10.00. The Morgan fingerprint density at radius 1 is 0.935 bits per heavy atom. The number of para-hydroxylation sites is 1. The van der Waals surface area contributed by atoms with Crippen molar-refractivity contribution in [3.05, 3.63) is 90.0 Å². The molecular formula is C26H22N2O3. The van der Waals surface area contributed by atoms with E-state index in [9.17, 15) is 9.59 Å². The third kappa shape index (κ3) is 4.78. The van der Waals surface area contributed by atoms with Gasteiger partial charge in [0.1, 0.15) is 5.75 Å². The van der Waals surface area contributed by atoms with Crippen molar-refractivity contribution in [1.82, 2.24) is 4.98 Å². The fourth-order valence-corrected chi connectivity index (χ4v) is 3.29. The molecule has 4 rings (SSSR count). The number of hydrogen-bond acceptors (Lipinski definition) is 4. The number of carbonyl (C=O) groups excluding carboxylic acids is 2. The quantitative estimate of drug-likeness (QED) is 0.430. The first-order chi connectivity index (χ1) is 15.0. The minimum Gasteiger partial charge on any atom is -0.483 e. The molecule has 4 aromatic rings. The van der Waals surface area contributed by atoms with Crippen molar-refractivity contribution < 1.29 is 14.3 Å². The van der Waals surface area contributed by atoms with Gasteiger partial charge in [-0.2, -0.15) is 0 Å². The van der Waals surface area contributed by atoms with Gasteiger partial charge in [0.05, 0.1) is 11.2 Å². The van der Waals surface area contributed by atoms with Gasteiger partial charge < -0.3 is 10.1 Å². The summed E-state index contributed by atoms with van der Waals surface area (Å²) in [4.78, 5) is 28.7. The number of anilines is 1. The number of Topliss-reactive ketones (excluding diaryl/α,β-unsaturated/α-hetero) is 1. The van der Waals surface area contributed by atoms with E-state index in [2.05, 4.69) is 5.32 Å². The van der Waals surface area contributed by atoms with E-state index in [1.54, 1.807) is 24.3 Å². The Labute approximate surface area is 180 Å². The molecule has 0 saturated carbocycles. The molecule has 0 aliphatic rings. The molecule has 31 heavy (non-hydrogen) atoms. The van der Waals surface area contributed by atoms with Crippen LogP contribution in [-0.4, -0.2) is 23.3 Å². The molecular weight excluding hydrogens is 388 g/mol. The highest BCUT2D eigenvalue weighted by atomic mass is 16.5. The maximum atomic E-state index is 12.5. The second-order valence-corrected chi connectivity index (χ2v) is 7.36. The molecule has 0 saturated heterocycles. The third-order valence-corrected chi connectivity index (χ3v) is 4.94. The van der Waals surface area contributed by atoms with Gasteiger partial charge in [0, 0.05) is 28.3 Å². The fraction of sp³-hybridized carbons (Fsp3) is 0.115. The predicted molar refractivity (Wildman–Crippen MR) is 122 cm³/mol. The van der Waals surface area contributed by atoms with E-state index in [0.717, 1.165) is 22.2 Å². The highest BCUT2D eigenvalue weighted by Gasteiger charge is 2.11. The van der Waals surface area contributed by atoms with Crippen molar-refractivity contribution >= 4 is 28.3 Å². The van der Waals surface area contributed by atoms with E-state index in [4.69, 9.17) is 9.72 Å². The first kappa shape index (κ1) is 20.3. The van der Waals surface area contributed by atoms with Crippen LogP contribution >= 0.6 is 0 Å². The Morgan fingerprint density at radius 2 is 1.71 bits per heavy atom. The summed E-state index contributed by atoms with van der Waals surface area (Å²) in [5.74, 6) is 0.228. The van der Waals surface area contributed by atoms with Crippen molar-refractivity contribution in [3.63, 3.8) is 0 Å². The number of aryl methyl sites for hydroxylation is 1. The lowest BCUT2D eigenvalue weighted by molar-refractivity contribution is -0.118. The number of rotatable bonds is 6. The number of fused-ring (bicyclic) bond motifs is 1. The molecule has 0 aliphatic heterocycles. The van der Waals surface area contributed by atoms with Gasteiger partial charge in [-0.25, -0.2) is 4.98 Å². The van der Waals surface area contributed by atoms with Gasteiger partial charge in [0.15, 0.2) is 12.4 Å². The molecule has 5 nitrogen and oxygen atoms in total. The number of carbonyl (C=O) groups is 2. The SMILES string of the molecule is CC(=O)c1cccc(NC(=O)COc2cc(-c3ccc(C)cc3)nc3ccccc23)c1. The predicted octanol–water partition coefficient (Wildman–Crippen LogP) is 5.43. The zero-order valence-electron chi connectivity index (χ0n) is 17.4. The van der Waals surface area contributed by atoms with E-state index in [1.165, 1.54) is 12.5 Å². The smallest absolute Gasteiger partial charge is 0.262 e. The van der Waals surface area contributed by atoms with Gasteiger partial charge in [-0.1, -0.05) is 54.1 Å². The van der Waals surface area contributed by atoms with E-state index in [1.807, 2.05) is 61.5 Å². The highest BCUT2D eigenvalue weighted by Crippen LogP contribution is 2.30. The lowest BCUT2D eigenvalue weighted by atomic mass is 10.1. The number of pyridine rings is 1. The number of aromatic nitrogens is 1. The van der Waals surface area contributed by atoms with E-state index in [-0.39, 0.29) is 18.3 Å². The number of nitrogens with one attached hydrogen (secondary N) is 1. The molecule has 0 radical (unpaired) electrons. The Bertz CT molecular complexity index is 1260. The maximum Gasteiger partial charge on any atom is 0.262 e. The van der Waals surface area contributed by atoms with Gasteiger partial charge in [-0.3, -0.25) is 9.59 Å². The molecule has 0 fully saturated rings. The number of hydrogen-bond donors (Lipinski definition) is 1. The van der Waals surface area contributed by atoms with Crippen LogP contribution in [0.4, 0.5) is 5.69 Å². The molecule has 0 bridgehead atoms. The average Bonchev–Trinajstić information content (AvgIpc) is 2.78. The van der Waals surface area contributed by atoms with Crippen LogP contribution in [0.15, 0.2) is 78.9 Å². The molecule has 0 spiro atoms. The summed E-state index contributed by atoms with van der Waals surface area (Å²) in [5, 5.41) is 3.61. The van der Waals surface area contributed by atoms with Gasteiger partial charge in [-0.05, 0) is 38.1 Å². The standard InChI is InChI=1S/C26H22N2O3/c1-17-10-12-19(13-11-17)24-15-25(22-8-3-4-9-23(22)28-24)31-16-26(30)27-21-7-5-6-20(14-21)18(2)29/h3-15H,16H2,1-2H3,(H,27,30). The second-order valence-electron chi connectivity index (χ2n) is 7.36. The Balaban J connectivity index is 1.56. The van der Waals surface area contributed by atoms with Crippen LogP contribution in [0.25, 0.3) is 22.2 Å². The Hall–Kier alpha value is -3.99. The molecule has 0 aliphatic carbocycles. The van der Waals surface area contributed by atoms with E-state index < -0.39 is 0 Å². The number of nitrogens with zero attached hydrogens (tertiary/aromatic N) is 1. The molecule has 0 atom stereocenters. The van der Waals surface area contributed by atoms with Crippen LogP contribution in [-0.2, 0) is 4.79 Å². The number of ether oxygens (including phenoxy) is 1. The largest absolute Gasteiger partial charge is 0.483 e. The summed E-state index contributed by atoms with van der Waals surface area (Å²) in [6.45, 7) is 3.37. The van der Waals surface area contributed by atoms with Crippen LogP contribution < -0.4 is 10.1 Å². The average molecular weight is 410 g/mol. The van der Waals surface area contributed by atoms with Gasteiger partial charge in [-0.15, -0.1) is 0 Å². The monoisotopic (exact) mass is 410 g/mol. The summed E-state index contributed by atoms with van der Waals surface area (Å²) in [7, 11) is 0. The Morgan fingerprint density at radius 3 is 2.48 bits per heavy atom. The van der Waals surface area contributed by atoms with Crippen molar-refractivity contribution in [3.8, 4) is 17.0 Å². The molecule has 1 aromatic heterocycles. The van der Waals surface area contributed by atoms with Gasteiger partial charge in [0.25, 0.3) is 5.91 Å². The summed E-state index contributed by atoms with van der Waals surface area (Å²) in [6, 6.07) is 24.5. The van der Waals surface area contributed by atoms with E-state index >= 15 is 0 Å². The maximum absolute atomic E-state index is 12.5. The molecule has 1 amide bonds. The summed E-state index contributed by atoms with van der Waals surface area (Å²) < 4.78 is 5.90. The summed E-state index contributed by atoms with van der Waals surface area (Å²) in [5.41, 5.74) is 4.83. The molecule has 5 heteroatoms. The molecule has 1 heterocycles. The van der Waals surface area contributed by atoms with Crippen molar-refractivity contribution in [2.24, 2.45) is 0 Å².